The molecular weight excluding hydrogens is 446 g/mol. The van der Waals surface area contributed by atoms with Crippen molar-refractivity contribution in [3.8, 4) is 5.75 Å². The Morgan fingerprint density at radius 3 is 2.53 bits per heavy atom. The van der Waals surface area contributed by atoms with E-state index in [1.807, 2.05) is 25.1 Å². The number of piperazine rings is 1. The lowest BCUT2D eigenvalue weighted by atomic mass is 10.1. The van der Waals surface area contributed by atoms with Crippen LogP contribution < -0.4 is 4.74 Å². The van der Waals surface area contributed by atoms with Gasteiger partial charge in [-0.3, -0.25) is 4.79 Å². The van der Waals surface area contributed by atoms with Crippen molar-refractivity contribution in [1.29, 1.82) is 0 Å². The number of hydrogen-bond acceptors (Lipinski definition) is 6. The minimum Gasteiger partial charge on any atom is -0.495 e. The van der Waals surface area contributed by atoms with Gasteiger partial charge in [0.2, 0.25) is 10.0 Å². The Morgan fingerprint density at radius 2 is 1.87 bits per heavy atom. The summed E-state index contributed by atoms with van der Waals surface area (Å²) < 4.78 is 37.7. The second-order valence-corrected chi connectivity index (χ2v) is 10.2. The van der Waals surface area contributed by atoms with Gasteiger partial charge in [-0.1, -0.05) is 23.2 Å². The van der Waals surface area contributed by atoms with E-state index >= 15 is 0 Å². The molecule has 0 unspecified atom stereocenters. The summed E-state index contributed by atoms with van der Waals surface area (Å²) in [6, 6.07) is 10.3. The number of hydrogen-bond donors (Lipinski definition) is 0. The lowest BCUT2D eigenvalue weighted by Gasteiger charge is -2.33. The molecule has 1 saturated heterocycles. The molecule has 1 amide bonds. The Labute approximate surface area is 184 Å². The predicted molar refractivity (Wildman–Crippen MR) is 117 cm³/mol. The Hall–Kier alpha value is -2.20. The minimum atomic E-state index is -3.71. The Bertz CT molecular complexity index is 1220. The lowest BCUT2D eigenvalue weighted by molar-refractivity contribution is 0.0695. The molecule has 0 spiro atoms. The summed E-state index contributed by atoms with van der Waals surface area (Å²) in [6.45, 7) is 2.98. The maximum Gasteiger partial charge on any atom is 0.274 e. The highest BCUT2D eigenvalue weighted by Gasteiger charge is 2.32. The van der Waals surface area contributed by atoms with E-state index in [1.165, 1.54) is 41.1 Å². The van der Waals surface area contributed by atoms with Crippen LogP contribution in [0.15, 0.2) is 41.3 Å². The van der Waals surface area contributed by atoms with Gasteiger partial charge in [0.15, 0.2) is 0 Å². The van der Waals surface area contributed by atoms with E-state index < -0.39 is 10.0 Å². The first kappa shape index (κ1) is 21.0. The predicted octanol–water partition coefficient (Wildman–Crippen LogP) is 3.41. The van der Waals surface area contributed by atoms with Gasteiger partial charge in [0.25, 0.3) is 5.91 Å². The fourth-order valence-corrected chi connectivity index (χ4v) is 5.96. The zero-order valence-corrected chi connectivity index (χ0v) is 18.9. The third-order valence-electron chi connectivity index (χ3n) is 5.11. The molecule has 4 rings (SSSR count). The Kier molecular flexibility index (Phi) is 5.71. The second kappa shape index (κ2) is 8.14. The van der Waals surface area contributed by atoms with Gasteiger partial charge in [0.1, 0.15) is 11.4 Å². The number of nitrogens with zero attached hydrogens (tertiary/aromatic N) is 3. The summed E-state index contributed by atoms with van der Waals surface area (Å²) in [5, 5.41) is 1.08. The number of halogens is 1. The number of sulfonamides is 1. The molecule has 158 valence electrons. The van der Waals surface area contributed by atoms with Gasteiger partial charge in [-0.25, -0.2) is 8.42 Å². The number of carbonyl (C=O) groups is 1. The molecular formula is C20H20ClN3O4S2. The molecule has 1 fully saturated rings. The van der Waals surface area contributed by atoms with Crippen molar-refractivity contribution < 1.29 is 17.9 Å². The summed E-state index contributed by atoms with van der Waals surface area (Å²) in [5.41, 5.74) is 1.49. The first-order chi connectivity index (χ1) is 14.3. The summed E-state index contributed by atoms with van der Waals surface area (Å²) >= 11 is 7.38. The smallest absolute Gasteiger partial charge is 0.274 e. The average Bonchev–Trinajstić information content (AvgIpc) is 3.16. The highest BCUT2D eigenvalue weighted by Crippen LogP contribution is 2.29. The standard InChI is InChI=1S/C20H20ClN3O4S2/c1-13-3-6-18-15(11-13)19(22-29-18)20(25)23-7-9-24(10-8-23)30(26,27)14-4-5-17(28-2)16(21)12-14/h3-6,11-12H,7-10H2,1-2H3. The number of aryl methyl sites for hydroxylation is 1. The van der Waals surface area contributed by atoms with Gasteiger partial charge in [0, 0.05) is 31.6 Å². The number of fused-ring (bicyclic) bond motifs is 1. The van der Waals surface area contributed by atoms with Crippen LogP contribution in [0.5, 0.6) is 5.75 Å². The van der Waals surface area contributed by atoms with Crippen molar-refractivity contribution in [1.82, 2.24) is 13.6 Å². The molecule has 3 aromatic rings. The molecule has 0 radical (unpaired) electrons. The highest BCUT2D eigenvalue weighted by molar-refractivity contribution is 7.89. The molecule has 1 aliphatic rings. The molecule has 0 N–H and O–H groups in total. The zero-order valence-electron chi connectivity index (χ0n) is 16.5. The third-order valence-corrected chi connectivity index (χ3v) is 8.13. The summed E-state index contributed by atoms with van der Waals surface area (Å²) in [5.74, 6) is 0.244. The topological polar surface area (TPSA) is 79.8 Å². The summed E-state index contributed by atoms with van der Waals surface area (Å²) in [7, 11) is -2.24. The molecule has 7 nitrogen and oxygen atoms in total. The van der Waals surface area contributed by atoms with E-state index in [-0.39, 0.29) is 28.9 Å². The molecule has 0 atom stereocenters. The van der Waals surface area contributed by atoms with Crippen LogP contribution in [-0.4, -0.2) is 61.2 Å². The van der Waals surface area contributed by atoms with Gasteiger partial charge in [-0.2, -0.15) is 8.68 Å². The van der Waals surface area contributed by atoms with E-state index in [4.69, 9.17) is 16.3 Å². The van der Waals surface area contributed by atoms with Crippen molar-refractivity contribution >= 4 is 49.2 Å². The minimum absolute atomic E-state index is 0.106. The van der Waals surface area contributed by atoms with Crippen molar-refractivity contribution in [2.45, 2.75) is 11.8 Å². The molecule has 2 aromatic carbocycles. The van der Waals surface area contributed by atoms with Crippen LogP contribution in [0.2, 0.25) is 5.02 Å². The maximum absolute atomic E-state index is 13.0. The number of benzene rings is 2. The van der Waals surface area contributed by atoms with Crippen LogP contribution in [0.4, 0.5) is 0 Å². The van der Waals surface area contributed by atoms with Crippen molar-refractivity contribution in [3.63, 3.8) is 0 Å². The van der Waals surface area contributed by atoms with Crippen LogP contribution >= 0.6 is 23.1 Å². The third kappa shape index (κ3) is 3.78. The van der Waals surface area contributed by atoms with Crippen LogP contribution in [0.1, 0.15) is 16.1 Å². The van der Waals surface area contributed by atoms with Crippen LogP contribution in [0, 0.1) is 6.92 Å². The molecule has 2 heterocycles. The molecule has 1 aliphatic heterocycles. The van der Waals surface area contributed by atoms with E-state index in [2.05, 4.69) is 4.37 Å². The summed E-state index contributed by atoms with van der Waals surface area (Å²) in [6.07, 6.45) is 0. The van der Waals surface area contributed by atoms with Crippen LogP contribution in [0.25, 0.3) is 10.1 Å². The van der Waals surface area contributed by atoms with Crippen LogP contribution in [-0.2, 0) is 10.0 Å². The van der Waals surface area contributed by atoms with Gasteiger partial charge in [0.05, 0.1) is 21.7 Å². The van der Waals surface area contributed by atoms with E-state index in [0.717, 1.165) is 15.6 Å². The van der Waals surface area contributed by atoms with Crippen LogP contribution in [0.3, 0.4) is 0 Å². The maximum atomic E-state index is 13.0. The fraction of sp³-hybridized carbons (Fsp3) is 0.300. The lowest BCUT2D eigenvalue weighted by Crippen LogP contribution is -2.50. The first-order valence-corrected chi connectivity index (χ1v) is 11.9. The average molecular weight is 466 g/mol. The largest absolute Gasteiger partial charge is 0.495 e. The van der Waals surface area contributed by atoms with Gasteiger partial charge in [-0.15, -0.1) is 0 Å². The van der Waals surface area contributed by atoms with Crippen molar-refractivity contribution in [2.75, 3.05) is 33.3 Å². The molecule has 1 aromatic heterocycles. The number of amides is 1. The fourth-order valence-electron chi connectivity index (χ4n) is 3.44. The highest BCUT2D eigenvalue weighted by atomic mass is 35.5. The Balaban J connectivity index is 1.49. The van der Waals surface area contributed by atoms with E-state index in [1.54, 1.807) is 4.90 Å². The summed E-state index contributed by atoms with van der Waals surface area (Å²) in [4.78, 5) is 14.8. The van der Waals surface area contributed by atoms with Gasteiger partial charge in [-0.05, 0) is 48.8 Å². The van der Waals surface area contributed by atoms with Crippen molar-refractivity contribution in [2.24, 2.45) is 0 Å². The molecule has 0 saturated carbocycles. The zero-order chi connectivity index (χ0) is 21.5. The SMILES string of the molecule is COc1ccc(S(=O)(=O)N2CCN(C(=O)c3nsc4ccc(C)cc34)CC2)cc1Cl. The number of carbonyl (C=O) groups excluding carboxylic acids is 1. The number of aromatic nitrogens is 1. The van der Waals surface area contributed by atoms with Gasteiger partial charge < -0.3 is 9.64 Å². The monoisotopic (exact) mass is 465 g/mol. The first-order valence-electron chi connectivity index (χ1n) is 9.30. The molecule has 0 aliphatic carbocycles. The van der Waals surface area contributed by atoms with E-state index in [9.17, 15) is 13.2 Å². The number of rotatable bonds is 4. The number of methoxy groups -OCH3 is 1. The van der Waals surface area contributed by atoms with Crippen molar-refractivity contribution in [3.05, 3.63) is 52.7 Å². The quantitative estimate of drug-likeness (QED) is 0.589. The number of ether oxygens (including phenoxy) is 1. The second-order valence-electron chi connectivity index (χ2n) is 7.02. The molecule has 30 heavy (non-hydrogen) atoms. The Morgan fingerprint density at radius 1 is 1.13 bits per heavy atom. The van der Waals surface area contributed by atoms with Gasteiger partial charge >= 0.3 is 0 Å². The molecule has 10 heteroatoms. The normalized spacial score (nSPS) is 15.5. The van der Waals surface area contributed by atoms with E-state index in [0.29, 0.717) is 24.5 Å². The molecule has 0 bridgehead atoms.